The molecule has 2 aliphatic rings. The number of ether oxygens (including phenoxy) is 1. The molecule has 0 saturated heterocycles. The molecule has 0 aromatic carbocycles. The van der Waals surface area contributed by atoms with E-state index in [0.717, 1.165) is 32.4 Å². The Balaban J connectivity index is 1.72. The minimum absolute atomic E-state index is 0.260. The fraction of sp³-hybridized carbons (Fsp3) is 0.647. The SMILES string of the molecule is COCc1cncc2c1CCN(C(=O)C1CCCCC1)C2. The first-order chi connectivity index (χ1) is 10.3. The number of amides is 1. The third-order valence-electron chi connectivity index (χ3n) is 4.79. The Morgan fingerprint density at radius 1 is 1.33 bits per heavy atom. The predicted molar refractivity (Wildman–Crippen MR) is 80.6 cm³/mol. The van der Waals surface area contributed by atoms with Crippen LogP contribution in [0.1, 0.15) is 48.8 Å². The molecule has 1 aliphatic carbocycles. The van der Waals surface area contributed by atoms with Crippen molar-refractivity contribution in [2.24, 2.45) is 5.92 Å². The van der Waals surface area contributed by atoms with Crippen LogP contribution in [-0.2, 0) is 29.1 Å². The first-order valence-corrected chi connectivity index (χ1v) is 8.02. The second-order valence-corrected chi connectivity index (χ2v) is 6.21. The average Bonchev–Trinajstić information content (AvgIpc) is 2.55. The Morgan fingerprint density at radius 3 is 2.90 bits per heavy atom. The van der Waals surface area contributed by atoms with E-state index in [0.29, 0.717) is 12.5 Å². The molecule has 2 heterocycles. The van der Waals surface area contributed by atoms with Crippen LogP contribution in [0.15, 0.2) is 12.4 Å². The zero-order valence-electron chi connectivity index (χ0n) is 12.8. The molecule has 1 aromatic heterocycles. The molecule has 0 atom stereocenters. The van der Waals surface area contributed by atoms with Crippen molar-refractivity contribution in [2.75, 3.05) is 13.7 Å². The Morgan fingerprint density at radius 2 is 2.14 bits per heavy atom. The van der Waals surface area contributed by atoms with Crippen molar-refractivity contribution in [3.63, 3.8) is 0 Å². The molecule has 0 N–H and O–H groups in total. The molecule has 4 nitrogen and oxygen atoms in total. The van der Waals surface area contributed by atoms with Gasteiger partial charge in [0.1, 0.15) is 0 Å². The van der Waals surface area contributed by atoms with Gasteiger partial charge in [0, 0.05) is 38.5 Å². The highest BCUT2D eigenvalue weighted by atomic mass is 16.5. The number of hydrogen-bond donors (Lipinski definition) is 0. The van der Waals surface area contributed by atoms with E-state index in [1.54, 1.807) is 7.11 Å². The fourth-order valence-electron chi connectivity index (χ4n) is 3.64. The first kappa shape index (κ1) is 14.5. The molecule has 1 fully saturated rings. The van der Waals surface area contributed by atoms with Gasteiger partial charge in [-0.25, -0.2) is 0 Å². The summed E-state index contributed by atoms with van der Waals surface area (Å²) in [5, 5.41) is 0. The minimum Gasteiger partial charge on any atom is -0.380 e. The van der Waals surface area contributed by atoms with E-state index in [1.165, 1.54) is 36.0 Å². The largest absolute Gasteiger partial charge is 0.380 e. The van der Waals surface area contributed by atoms with Gasteiger partial charge in [0.05, 0.1) is 6.61 Å². The van der Waals surface area contributed by atoms with Gasteiger partial charge in [-0.05, 0) is 36.0 Å². The van der Waals surface area contributed by atoms with Crippen LogP contribution < -0.4 is 0 Å². The van der Waals surface area contributed by atoms with Gasteiger partial charge in [-0.15, -0.1) is 0 Å². The van der Waals surface area contributed by atoms with Crippen LogP contribution >= 0.6 is 0 Å². The molecular weight excluding hydrogens is 264 g/mol. The van der Waals surface area contributed by atoms with Crippen LogP contribution in [0.3, 0.4) is 0 Å². The second-order valence-electron chi connectivity index (χ2n) is 6.21. The molecule has 1 aliphatic heterocycles. The Labute approximate surface area is 126 Å². The van der Waals surface area contributed by atoms with E-state index in [-0.39, 0.29) is 5.92 Å². The van der Waals surface area contributed by atoms with Crippen LogP contribution in [0.25, 0.3) is 0 Å². The molecule has 21 heavy (non-hydrogen) atoms. The number of pyridine rings is 1. The molecule has 4 heteroatoms. The van der Waals surface area contributed by atoms with Crippen molar-refractivity contribution >= 4 is 5.91 Å². The number of methoxy groups -OCH3 is 1. The van der Waals surface area contributed by atoms with E-state index in [4.69, 9.17) is 4.74 Å². The highest BCUT2D eigenvalue weighted by Crippen LogP contribution is 2.28. The normalized spacial score (nSPS) is 19.4. The van der Waals surface area contributed by atoms with E-state index in [9.17, 15) is 4.79 Å². The predicted octanol–water partition coefficient (Wildman–Crippen LogP) is 2.69. The van der Waals surface area contributed by atoms with Crippen LogP contribution in [0.5, 0.6) is 0 Å². The smallest absolute Gasteiger partial charge is 0.225 e. The maximum Gasteiger partial charge on any atom is 0.225 e. The van der Waals surface area contributed by atoms with Gasteiger partial charge in [-0.1, -0.05) is 19.3 Å². The molecular formula is C17H24N2O2. The van der Waals surface area contributed by atoms with E-state index in [1.807, 2.05) is 17.3 Å². The van der Waals surface area contributed by atoms with Gasteiger partial charge in [0.25, 0.3) is 0 Å². The zero-order valence-corrected chi connectivity index (χ0v) is 12.8. The molecule has 1 saturated carbocycles. The lowest BCUT2D eigenvalue weighted by Crippen LogP contribution is -2.40. The highest BCUT2D eigenvalue weighted by molar-refractivity contribution is 5.79. The summed E-state index contributed by atoms with van der Waals surface area (Å²) in [6, 6.07) is 0. The van der Waals surface area contributed by atoms with Gasteiger partial charge in [0.2, 0.25) is 5.91 Å². The molecule has 3 rings (SSSR count). The van der Waals surface area contributed by atoms with Crippen LogP contribution in [-0.4, -0.2) is 29.4 Å². The van der Waals surface area contributed by atoms with Gasteiger partial charge < -0.3 is 9.64 Å². The maximum absolute atomic E-state index is 12.7. The van der Waals surface area contributed by atoms with Crippen molar-refractivity contribution in [3.8, 4) is 0 Å². The van der Waals surface area contributed by atoms with Crippen LogP contribution in [0.4, 0.5) is 0 Å². The summed E-state index contributed by atoms with van der Waals surface area (Å²) in [4.78, 5) is 19.0. The fourth-order valence-corrected chi connectivity index (χ4v) is 3.64. The summed E-state index contributed by atoms with van der Waals surface area (Å²) >= 11 is 0. The standard InChI is InChI=1S/C17H24N2O2/c1-21-12-15-10-18-9-14-11-19(8-7-16(14)15)17(20)13-5-3-2-4-6-13/h9-10,13H,2-8,11-12H2,1H3. The second kappa shape index (κ2) is 6.56. The number of nitrogens with zero attached hydrogens (tertiary/aromatic N) is 2. The summed E-state index contributed by atoms with van der Waals surface area (Å²) in [5.74, 6) is 0.618. The quantitative estimate of drug-likeness (QED) is 0.859. The molecule has 114 valence electrons. The third-order valence-corrected chi connectivity index (χ3v) is 4.79. The number of carbonyl (C=O) groups excluding carboxylic acids is 1. The number of aromatic nitrogens is 1. The van der Waals surface area contributed by atoms with Gasteiger partial charge in [-0.3, -0.25) is 9.78 Å². The number of hydrogen-bond acceptors (Lipinski definition) is 3. The van der Waals surface area contributed by atoms with Crippen LogP contribution in [0, 0.1) is 5.92 Å². The molecule has 0 bridgehead atoms. The van der Waals surface area contributed by atoms with E-state index < -0.39 is 0 Å². The summed E-state index contributed by atoms with van der Waals surface area (Å²) in [5.41, 5.74) is 3.69. The summed E-state index contributed by atoms with van der Waals surface area (Å²) in [7, 11) is 1.71. The first-order valence-electron chi connectivity index (χ1n) is 8.02. The number of fused-ring (bicyclic) bond motifs is 1. The Kier molecular flexibility index (Phi) is 4.54. The maximum atomic E-state index is 12.7. The Hall–Kier alpha value is -1.42. The molecule has 0 spiro atoms. The topological polar surface area (TPSA) is 42.4 Å². The highest BCUT2D eigenvalue weighted by Gasteiger charge is 2.29. The molecule has 1 aromatic rings. The van der Waals surface area contributed by atoms with Crippen molar-refractivity contribution in [2.45, 2.75) is 51.7 Å². The molecule has 0 radical (unpaired) electrons. The van der Waals surface area contributed by atoms with Crippen LogP contribution in [0.2, 0.25) is 0 Å². The van der Waals surface area contributed by atoms with Crippen molar-refractivity contribution in [3.05, 3.63) is 29.1 Å². The Bertz CT molecular complexity index is 510. The van der Waals surface area contributed by atoms with E-state index >= 15 is 0 Å². The number of rotatable bonds is 3. The summed E-state index contributed by atoms with van der Waals surface area (Å²) < 4.78 is 5.24. The lowest BCUT2D eigenvalue weighted by atomic mass is 9.87. The lowest BCUT2D eigenvalue weighted by Gasteiger charge is -2.33. The lowest BCUT2D eigenvalue weighted by molar-refractivity contribution is -0.137. The zero-order chi connectivity index (χ0) is 14.7. The van der Waals surface area contributed by atoms with Crippen molar-refractivity contribution < 1.29 is 9.53 Å². The monoisotopic (exact) mass is 288 g/mol. The van der Waals surface area contributed by atoms with Crippen molar-refractivity contribution in [1.82, 2.24) is 9.88 Å². The van der Waals surface area contributed by atoms with Gasteiger partial charge in [-0.2, -0.15) is 0 Å². The molecule has 0 unspecified atom stereocenters. The number of carbonyl (C=O) groups is 1. The van der Waals surface area contributed by atoms with Crippen molar-refractivity contribution in [1.29, 1.82) is 0 Å². The van der Waals surface area contributed by atoms with Gasteiger partial charge >= 0.3 is 0 Å². The minimum atomic E-state index is 0.260. The van der Waals surface area contributed by atoms with E-state index in [2.05, 4.69) is 4.98 Å². The van der Waals surface area contributed by atoms with Gasteiger partial charge in [0.15, 0.2) is 0 Å². The third kappa shape index (κ3) is 3.10. The average molecular weight is 288 g/mol. The summed E-state index contributed by atoms with van der Waals surface area (Å²) in [6.45, 7) is 2.16. The summed E-state index contributed by atoms with van der Waals surface area (Å²) in [6.07, 6.45) is 10.6. The molecule has 1 amide bonds.